The average Bonchev–Trinajstić information content (AvgIpc) is 2.71. The van der Waals surface area contributed by atoms with Crippen LogP contribution in [0.15, 0.2) is 24.3 Å². The zero-order valence-electron chi connectivity index (χ0n) is 12.8. The van der Waals surface area contributed by atoms with Crippen LogP contribution < -0.4 is 5.73 Å². The summed E-state index contributed by atoms with van der Waals surface area (Å²) in [5.74, 6) is 0. The first-order chi connectivity index (χ1) is 9.78. The van der Waals surface area contributed by atoms with E-state index in [0.717, 1.165) is 6.54 Å². The van der Waals surface area contributed by atoms with Crippen molar-refractivity contribution in [1.29, 1.82) is 0 Å². The summed E-state index contributed by atoms with van der Waals surface area (Å²) in [7, 11) is 0. The number of nitrogens with zero attached hydrogens (tertiary/aromatic N) is 1. The Morgan fingerprint density at radius 1 is 1.20 bits per heavy atom. The van der Waals surface area contributed by atoms with Crippen LogP contribution in [0.5, 0.6) is 0 Å². The van der Waals surface area contributed by atoms with Gasteiger partial charge in [-0.2, -0.15) is 0 Å². The van der Waals surface area contributed by atoms with Crippen molar-refractivity contribution >= 4 is 0 Å². The highest BCUT2D eigenvalue weighted by molar-refractivity contribution is 5.37. The van der Waals surface area contributed by atoms with Crippen LogP contribution >= 0.6 is 0 Å². The van der Waals surface area contributed by atoms with Crippen LogP contribution in [0, 0.1) is 0 Å². The lowest BCUT2D eigenvalue weighted by atomic mass is 9.74. The summed E-state index contributed by atoms with van der Waals surface area (Å²) < 4.78 is 0. The van der Waals surface area contributed by atoms with Crippen LogP contribution in [-0.4, -0.2) is 24.0 Å². The second-order valence-corrected chi connectivity index (χ2v) is 6.64. The summed E-state index contributed by atoms with van der Waals surface area (Å²) in [4.78, 5) is 2.75. The van der Waals surface area contributed by atoms with Gasteiger partial charge < -0.3 is 5.73 Å². The summed E-state index contributed by atoms with van der Waals surface area (Å²) in [6.07, 6.45) is 9.13. The van der Waals surface area contributed by atoms with E-state index in [-0.39, 0.29) is 5.54 Å². The molecule has 2 aliphatic rings. The lowest BCUT2D eigenvalue weighted by molar-refractivity contribution is 0.0395. The standard InChI is InChI=1S/C18H28N2/c1-15-8-3-2-6-13-20(15)18(14-19)12-7-10-16-9-4-5-11-17(16)18/h4-5,9,11,15H,2-3,6-8,10,12-14,19H2,1H3. The predicted octanol–water partition coefficient (Wildman–Crippen LogP) is 3.44. The van der Waals surface area contributed by atoms with E-state index < -0.39 is 0 Å². The van der Waals surface area contributed by atoms with E-state index in [1.165, 1.54) is 62.6 Å². The number of nitrogens with two attached hydrogens (primary N) is 1. The number of aryl methyl sites for hydroxylation is 1. The Hall–Kier alpha value is -0.860. The van der Waals surface area contributed by atoms with Crippen molar-refractivity contribution in [3.8, 4) is 0 Å². The molecule has 1 aromatic carbocycles. The van der Waals surface area contributed by atoms with Crippen LogP contribution in [0.3, 0.4) is 0 Å². The molecule has 3 rings (SSSR count). The van der Waals surface area contributed by atoms with Gasteiger partial charge in [-0.15, -0.1) is 0 Å². The molecule has 2 nitrogen and oxygen atoms in total. The van der Waals surface area contributed by atoms with Crippen molar-refractivity contribution < 1.29 is 0 Å². The molecule has 0 saturated carbocycles. The highest BCUT2D eigenvalue weighted by atomic mass is 15.2. The van der Waals surface area contributed by atoms with Gasteiger partial charge in [-0.05, 0) is 56.7 Å². The average molecular weight is 272 g/mol. The molecule has 20 heavy (non-hydrogen) atoms. The first kappa shape index (κ1) is 14.1. The molecule has 0 bridgehead atoms. The van der Waals surface area contributed by atoms with Gasteiger partial charge in [0, 0.05) is 12.6 Å². The van der Waals surface area contributed by atoms with Crippen LogP contribution in [0.4, 0.5) is 0 Å². The molecule has 0 radical (unpaired) electrons. The SMILES string of the molecule is CC1CCCCCN1C1(CN)CCCc2ccccc21. The van der Waals surface area contributed by atoms with Crippen LogP contribution in [0.1, 0.15) is 56.6 Å². The van der Waals surface area contributed by atoms with Crippen LogP contribution in [0.25, 0.3) is 0 Å². The lowest BCUT2D eigenvalue weighted by Crippen LogP contribution is -2.56. The molecule has 1 aliphatic heterocycles. The summed E-state index contributed by atoms with van der Waals surface area (Å²) in [5, 5.41) is 0. The largest absolute Gasteiger partial charge is 0.328 e. The van der Waals surface area contributed by atoms with E-state index in [9.17, 15) is 0 Å². The van der Waals surface area contributed by atoms with Crippen molar-refractivity contribution in [2.24, 2.45) is 5.73 Å². The van der Waals surface area contributed by atoms with Gasteiger partial charge >= 0.3 is 0 Å². The normalized spacial score (nSPS) is 31.6. The predicted molar refractivity (Wildman–Crippen MR) is 84.7 cm³/mol. The minimum atomic E-state index is 0.0958. The Labute approximate surface area is 123 Å². The molecule has 0 amide bonds. The Bertz CT molecular complexity index is 456. The van der Waals surface area contributed by atoms with Crippen molar-refractivity contribution in [2.45, 2.75) is 63.5 Å². The molecular weight excluding hydrogens is 244 g/mol. The van der Waals surface area contributed by atoms with Crippen molar-refractivity contribution in [2.75, 3.05) is 13.1 Å². The third-order valence-electron chi connectivity index (χ3n) is 5.50. The molecule has 1 heterocycles. The van der Waals surface area contributed by atoms with Crippen LogP contribution in [-0.2, 0) is 12.0 Å². The molecule has 110 valence electrons. The number of likely N-dealkylation sites (tertiary alicyclic amines) is 1. The monoisotopic (exact) mass is 272 g/mol. The summed E-state index contributed by atoms with van der Waals surface area (Å²) >= 11 is 0. The number of fused-ring (bicyclic) bond motifs is 1. The molecule has 0 aromatic heterocycles. The number of benzene rings is 1. The number of hydrogen-bond acceptors (Lipinski definition) is 2. The van der Waals surface area contributed by atoms with Gasteiger partial charge in [0.05, 0.1) is 5.54 Å². The second-order valence-electron chi connectivity index (χ2n) is 6.64. The first-order valence-electron chi connectivity index (χ1n) is 8.33. The summed E-state index contributed by atoms with van der Waals surface area (Å²) in [6, 6.07) is 9.67. The molecular formula is C18H28N2. The minimum Gasteiger partial charge on any atom is -0.328 e. The highest BCUT2D eigenvalue weighted by Crippen LogP contribution is 2.42. The third kappa shape index (κ3) is 2.29. The van der Waals surface area contributed by atoms with Gasteiger partial charge in [0.25, 0.3) is 0 Å². The van der Waals surface area contributed by atoms with E-state index in [1.807, 2.05) is 0 Å². The van der Waals surface area contributed by atoms with Crippen LogP contribution in [0.2, 0.25) is 0 Å². The van der Waals surface area contributed by atoms with Crippen molar-refractivity contribution in [3.05, 3.63) is 35.4 Å². The molecule has 2 heteroatoms. The fourth-order valence-corrected chi connectivity index (χ4v) is 4.44. The quantitative estimate of drug-likeness (QED) is 0.893. The lowest BCUT2D eigenvalue weighted by Gasteiger charge is -2.49. The van der Waals surface area contributed by atoms with E-state index in [1.54, 1.807) is 0 Å². The van der Waals surface area contributed by atoms with E-state index in [4.69, 9.17) is 5.73 Å². The zero-order chi connectivity index (χ0) is 14.0. The van der Waals surface area contributed by atoms with Crippen molar-refractivity contribution in [3.63, 3.8) is 0 Å². The maximum atomic E-state index is 6.36. The maximum absolute atomic E-state index is 6.36. The fraction of sp³-hybridized carbons (Fsp3) is 0.667. The summed E-state index contributed by atoms with van der Waals surface area (Å²) in [6.45, 7) is 4.38. The van der Waals surface area contributed by atoms with Gasteiger partial charge in [-0.3, -0.25) is 4.90 Å². The molecule has 1 saturated heterocycles. The smallest absolute Gasteiger partial charge is 0.0588 e. The Balaban J connectivity index is 2.03. The number of hydrogen-bond donors (Lipinski definition) is 1. The molecule has 2 N–H and O–H groups in total. The Morgan fingerprint density at radius 3 is 2.90 bits per heavy atom. The number of rotatable bonds is 2. The second kappa shape index (κ2) is 5.87. The van der Waals surface area contributed by atoms with Gasteiger partial charge in [0.15, 0.2) is 0 Å². The molecule has 1 aromatic rings. The van der Waals surface area contributed by atoms with Gasteiger partial charge in [-0.25, -0.2) is 0 Å². The Kier molecular flexibility index (Phi) is 4.13. The third-order valence-corrected chi connectivity index (χ3v) is 5.50. The van der Waals surface area contributed by atoms with E-state index >= 15 is 0 Å². The zero-order valence-corrected chi connectivity index (χ0v) is 12.8. The Morgan fingerprint density at radius 2 is 2.05 bits per heavy atom. The van der Waals surface area contributed by atoms with Gasteiger partial charge in [0.1, 0.15) is 0 Å². The fourth-order valence-electron chi connectivity index (χ4n) is 4.44. The molecule has 0 spiro atoms. The highest BCUT2D eigenvalue weighted by Gasteiger charge is 2.42. The first-order valence-corrected chi connectivity index (χ1v) is 8.33. The van der Waals surface area contributed by atoms with Gasteiger partial charge in [-0.1, -0.05) is 37.1 Å². The molecule has 1 aliphatic carbocycles. The maximum Gasteiger partial charge on any atom is 0.0588 e. The van der Waals surface area contributed by atoms with Crippen molar-refractivity contribution in [1.82, 2.24) is 4.90 Å². The van der Waals surface area contributed by atoms with E-state index in [2.05, 4.69) is 36.1 Å². The summed E-state index contributed by atoms with van der Waals surface area (Å²) in [5.41, 5.74) is 9.50. The topological polar surface area (TPSA) is 29.3 Å². The molecule has 2 atom stereocenters. The molecule has 2 unspecified atom stereocenters. The van der Waals surface area contributed by atoms with Gasteiger partial charge in [0.2, 0.25) is 0 Å². The minimum absolute atomic E-state index is 0.0958. The molecule has 1 fully saturated rings. The van der Waals surface area contributed by atoms with E-state index in [0.29, 0.717) is 6.04 Å².